The molecule has 0 N–H and O–H groups in total. The molecule has 0 nitrogen and oxygen atoms in total. The molecule has 1 heteroatoms. The first kappa shape index (κ1) is 8.39. The summed E-state index contributed by atoms with van der Waals surface area (Å²) in [6.07, 6.45) is 2.45. The van der Waals surface area contributed by atoms with Gasteiger partial charge in [-0.25, -0.2) is 0 Å². The Morgan fingerprint density at radius 2 is 1.80 bits per heavy atom. The fourth-order valence-corrected chi connectivity index (χ4v) is 1.98. The molecule has 1 aliphatic carbocycles. The number of hydrogen-bond acceptors (Lipinski definition) is 0. The van der Waals surface area contributed by atoms with E-state index < -0.39 is 0 Å². The van der Waals surface area contributed by atoms with Crippen LogP contribution < -0.4 is 0 Å². The molecule has 2 atom stereocenters. The maximum atomic E-state index is 6.35. The van der Waals surface area contributed by atoms with Gasteiger partial charge in [0, 0.05) is 4.87 Å². The molecule has 0 amide bonds. The van der Waals surface area contributed by atoms with Crippen LogP contribution in [0.4, 0.5) is 0 Å². The summed E-state index contributed by atoms with van der Waals surface area (Å²) in [5, 5.41) is 0. The van der Waals surface area contributed by atoms with Gasteiger partial charge in [0.1, 0.15) is 0 Å². The Labute approximate surface area is 69.0 Å². The van der Waals surface area contributed by atoms with Crippen LogP contribution in [0.2, 0.25) is 0 Å². The predicted octanol–water partition coefficient (Wildman–Crippen LogP) is 3.44. The van der Waals surface area contributed by atoms with Crippen molar-refractivity contribution in [3.63, 3.8) is 0 Å². The Kier molecular flexibility index (Phi) is 1.79. The summed E-state index contributed by atoms with van der Waals surface area (Å²) in [6.45, 7) is 9.01. The maximum Gasteiger partial charge on any atom is 0.0472 e. The number of halogens is 1. The fraction of sp³-hybridized carbons (Fsp3) is 1.00. The molecule has 0 spiro atoms. The highest BCUT2D eigenvalue weighted by molar-refractivity contribution is 6.24. The van der Waals surface area contributed by atoms with Gasteiger partial charge in [0.15, 0.2) is 0 Å². The van der Waals surface area contributed by atoms with E-state index in [0.29, 0.717) is 5.41 Å². The summed E-state index contributed by atoms with van der Waals surface area (Å²) in [7, 11) is 0. The lowest BCUT2D eigenvalue weighted by atomic mass is 9.77. The average molecular weight is 161 g/mol. The highest BCUT2D eigenvalue weighted by atomic mass is 35.5. The average Bonchev–Trinajstić information content (AvgIpc) is 1.94. The number of rotatable bonds is 0. The molecule has 1 aliphatic rings. The third-order valence-electron chi connectivity index (χ3n) is 3.62. The second-order valence-electron chi connectivity index (χ2n) is 4.36. The molecule has 0 heterocycles. The van der Waals surface area contributed by atoms with Crippen molar-refractivity contribution in [3.8, 4) is 0 Å². The maximum absolute atomic E-state index is 6.35. The summed E-state index contributed by atoms with van der Waals surface area (Å²) in [5.74, 6) is 0.773. The van der Waals surface area contributed by atoms with Gasteiger partial charge in [-0.2, -0.15) is 0 Å². The van der Waals surface area contributed by atoms with Gasteiger partial charge in [-0.05, 0) is 31.1 Å². The molecule has 1 rings (SSSR count). The largest absolute Gasteiger partial charge is 0.119 e. The molecule has 10 heavy (non-hydrogen) atoms. The van der Waals surface area contributed by atoms with Crippen molar-refractivity contribution in [2.75, 3.05) is 0 Å². The Morgan fingerprint density at radius 3 is 1.90 bits per heavy atom. The van der Waals surface area contributed by atoms with E-state index >= 15 is 0 Å². The summed E-state index contributed by atoms with van der Waals surface area (Å²) >= 11 is 6.35. The molecule has 0 aromatic carbocycles. The Hall–Kier alpha value is 0.290. The van der Waals surface area contributed by atoms with Crippen molar-refractivity contribution in [3.05, 3.63) is 0 Å². The summed E-state index contributed by atoms with van der Waals surface area (Å²) < 4.78 is 0. The van der Waals surface area contributed by atoms with E-state index in [-0.39, 0.29) is 4.87 Å². The Balaban J connectivity index is 2.84. The summed E-state index contributed by atoms with van der Waals surface area (Å²) in [5.41, 5.74) is 0.314. The highest BCUT2D eigenvalue weighted by Crippen LogP contribution is 2.53. The van der Waals surface area contributed by atoms with Crippen LogP contribution in [0.15, 0.2) is 0 Å². The van der Waals surface area contributed by atoms with Crippen molar-refractivity contribution in [2.45, 2.75) is 45.4 Å². The van der Waals surface area contributed by atoms with Gasteiger partial charge in [0.25, 0.3) is 0 Å². The first-order valence-corrected chi connectivity index (χ1v) is 4.44. The van der Waals surface area contributed by atoms with Crippen LogP contribution >= 0.6 is 11.6 Å². The first-order valence-electron chi connectivity index (χ1n) is 4.07. The van der Waals surface area contributed by atoms with Gasteiger partial charge in [-0.1, -0.05) is 20.8 Å². The first-order chi connectivity index (χ1) is 4.38. The van der Waals surface area contributed by atoms with Gasteiger partial charge in [0.2, 0.25) is 0 Å². The van der Waals surface area contributed by atoms with E-state index in [1.165, 1.54) is 12.8 Å². The number of alkyl halides is 1. The van der Waals surface area contributed by atoms with Gasteiger partial charge >= 0.3 is 0 Å². The molecule has 0 aromatic rings. The number of hydrogen-bond donors (Lipinski definition) is 0. The van der Waals surface area contributed by atoms with Crippen molar-refractivity contribution in [2.24, 2.45) is 11.3 Å². The van der Waals surface area contributed by atoms with Crippen LogP contribution in [0.5, 0.6) is 0 Å². The second-order valence-corrected chi connectivity index (χ2v) is 5.19. The zero-order chi connectivity index (χ0) is 7.99. The van der Waals surface area contributed by atoms with Gasteiger partial charge in [0.05, 0.1) is 0 Å². The van der Waals surface area contributed by atoms with Crippen LogP contribution in [0.3, 0.4) is 0 Å². The van der Waals surface area contributed by atoms with E-state index in [9.17, 15) is 0 Å². The standard InChI is InChI=1S/C9H17Cl/c1-7-5-6-9(4,10)8(7,2)3/h7H,5-6H2,1-4H3. The molecule has 1 saturated carbocycles. The SMILES string of the molecule is CC1CCC(C)(Cl)C1(C)C. The topological polar surface area (TPSA) is 0 Å². The molecule has 0 radical (unpaired) electrons. The van der Waals surface area contributed by atoms with E-state index in [1.807, 2.05) is 0 Å². The summed E-state index contributed by atoms with van der Waals surface area (Å²) in [4.78, 5) is 0.0341. The van der Waals surface area contributed by atoms with Crippen LogP contribution in [0.25, 0.3) is 0 Å². The smallest absolute Gasteiger partial charge is 0.0472 e. The van der Waals surface area contributed by atoms with Gasteiger partial charge < -0.3 is 0 Å². The molecule has 0 saturated heterocycles. The monoisotopic (exact) mass is 160 g/mol. The highest BCUT2D eigenvalue weighted by Gasteiger charge is 2.48. The van der Waals surface area contributed by atoms with E-state index in [1.54, 1.807) is 0 Å². The Morgan fingerprint density at radius 1 is 1.30 bits per heavy atom. The molecule has 0 bridgehead atoms. The molecule has 60 valence electrons. The van der Waals surface area contributed by atoms with Crippen molar-refractivity contribution in [1.29, 1.82) is 0 Å². The third-order valence-corrected chi connectivity index (χ3v) is 4.30. The van der Waals surface area contributed by atoms with Crippen molar-refractivity contribution >= 4 is 11.6 Å². The Bertz CT molecular complexity index is 136. The molecule has 2 unspecified atom stereocenters. The van der Waals surface area contributed by atoms with Crippen molar-refractivity contribution in [1.82, 2.24) is 0 Å². The molecule has 0 aromatic heterocycles. The summed E-state index contributed by atoms with van der Waals surface area (Å²) in [6, 6.07) is 0. The normalized spacial score (nSPS) is 45.9. The molecule has 0 aliphatic heterocycles. The minimum Gasteiger partial charge on any atom is -0.119 e. The fourth-order valence-electron chi connectivity index (χ4n) is 1.68. The van der Waals surface area contributed by atoms with Crippen LogP contribution in [0, 0.1) is 11.3 Å². The zero-order valence-electron chi connectivity index (χ0n) is 7.37. The van der Waals surface area contributed by atoms with Gasteiger partial charge in [-0.3, -0.25) is 0 Å². The van der Waals surface area contributed by atoms with Crippen molar-refractivity contribution < 1.29 is 0 Å². The quantitative estimate of drug-likeness (QED) is 0.477. The molecular formula is C9H17Cl. The van der Waals surface area contributed by atoms with Crippen LogP contribution in [-0.4, -0.2) is 4.87 Å². The van der Waals surface area contributed by atoms with Gasteiger partial charge in [-0.15, -0.1) is 11.6 Å². The molecule has 1 fully saturated rings. The minimum absolute atomic E-state index is 0.0341. The predicted molar refractivity (Wildman–Crippen MR) is 46.4 cm³/mol. The lowest BCUT2D eigenvalue weighted by Crippen LogP contribution is -2.34. The minimum atomic E-state index is 0.0341. The van der Waals surface area contributed by atoms with Crippen LogP contribution in [-0.2, 0) is 0 Å². The van der Waals surface area contributed by atoms with Crippen LogP contribution in [0.1, 0.15) is 40.5 Å². The van der Waals surface area contributed by atoms with E-state index in [0.717, 1.165) is 5.92 Å². The zero-order valence-corrected chi connectivity index (χ0v) is 8.13. The lowest BCUT2D eigenvalue weighted by Gasteiger charge is -2.35. The van der Waals surface area contributed by atoms with E-state index in [4.69, 9.17) is 11.6 Å². The molecular weight excluding hydrogens is 144 g/mol. The third kappa shape index (κ3) is 0.972. The van der Waals surface area contributed by atoms with E-state index in [2.05, 4.69) is 27.7 Å². The lowest BCUT2D eigenvalue weighted by molar-refractivity contribution is 0.232. The second kappa shape index (κ2) is 2.14.